The summed E-state index contributed by atoms with van der Waals surface area (Å²) < 4.78 is 22.2. The SMILES string of the molecule is CCC(C)(C(=O)Nc1ccc(S(N)(=O)=O)cc1)C(N)=S. The van der Waals surface area contributed by atoms with Gasteiger partial charge in [0.05, 0.1) is 15.3 Å². The van der Waals surface area contributed by atoms with Gasteiger partial charge in [0, 0.05) is 5.69 Å². The van der Waals surface area contributed by atoms with Crippen molar-refractivity contribution in [3.05, 3.63) is 24.3 Å². The summed E-state index contributed by atoms with van der Waals surface area (Å²) in [6, 6.07) is 5.53. The Morgan fingerprint density at radius 2 is 1.85 bits per heavy atom. The molecule has 1 atom stereocenters. The molecule has 6 nitrogen and oxygen atoms in total. The van der Waals surface area contributed by atoms with E-state index in [-0.39, 0.29) is 15.8 Å². The first-order valence-corrected chi connectivity index (χ1v) is 7.81. The molecular formula is C12H17N3O3S2. The highest BCUT2D eigenvalue weighted by Gasteiger charge is 2.34. The van der Waals surface area contributed by atoms with E-state index in [1.165, 1.54) is 24.3 Å². The van der Waals surface area contributed by atoms with Gasteiger partial charge in [0.2, 0.25) is 15.9 Å². The number of rotatable bonds is 5. The van der Waals surface area contributed by atoms with E-state index in [1.54, 1.807) is 6.92 Å². The lowest BCUT2D eigenvalue weighted by Gasteiger charge is -2.25. The predicted octanol–water partition coefficient (Wildman–Crippen LogP) is 0.975. The van der Waals surface area contributed by atoms with Crippen molar-refractivity contribution < 1.29 is 13.2 Å². The summed E-state index contributed by atoms with van der Waals surface area (Å²) in [6.07, 6.45) is 0.462. The van der Waals surface area contributed by atoms with Gasteiger partial charge in [0.15, 0.2) is 0 Å². The number of primary sulfonamides is 1. The highest BCUT2D eigenvalue weighted by atomic mass is 32.2. The van der Waals surface area contributed by atoms with Crippen molar-refractivity contribution >= 4 is 38.8 Å². The van der Waals surface area contributed by atoms with Crippen LogP contribution in [0.5, 0.6) is 0 Å². The van der Waals surface area contributed by atoms with E-state index in [4.69, 9.17) is 23.1 Å². The first-order chi connectivity index (χ1) is 9.11. The molecule has 0 bridgehead atoms. The number of benzene rings is 1. The molecule has 0 aromatic heterocycles. The van der Waals surface area contributed by atoms with Gasteiger partial charge in [-0.2, -0.15) is 0 Å². The summed E-state index contributed by atoms with van der Waals surface area (Å²) >= 11 is 4.91. The Bertz CT molecular complexity index is 626. The average molecular weight is 315 g/mol. The molecule has 1 unspecified atom stereocenters. The van der Waals surface area contributed by atoms with Crippen LogP contribution < -0.4 is 16.2 Å². The molecule has 1 aromatic carbocycles. The van der Waals surface area contributed by atoms with E-state index < -0.39 is 15.4 Å². The van der Waals surface area contributed by atoms with Gasteiger partial charge in [-0.05, 0) is 37.6 Å². The van der Waals surface area contributed by atoms with Gasteiger partial charge >= 0.3 is 0 Å². The van der Waals surface area contributed by atoms with Gasteiger partial charge in [0.25, 0.3) is 0 Å². The third kappa shape index (κ3) is 3.53. The standard InChI is InChI=1S/C12H17N3O3S2/c1-3-12(2,10(13)19)11(16)15-8-4-6-9(7-5-8)20(14,17)18/h4-7H,3H2,1-2H3,(H2,13,19)(H,15,16)(H2,14,17,18). The highest BCUT2D eigenvalue weighted by molar-refractivity contribution is 7.89. The summed E-state index contributed by atoms with van der Waals surface area (Å²) in [5.74, 6) is -0.337. The van der Waals surface area contributed by atoms with E-state index >= 15 is 0 Å². The van der Waals surface area contributed by atoms with Crippen LogP contribution >= 0.6 is 12.2 Å². The van der Waals surface area contributed by atoms with Gasteiger partial charge in [-0.3, -0.25) is 4.79 Å². The number of nitrogens with two attached hydrogens (primary N) is 2. The van der Waals surface area contributed by atoms with Gasteiger partial charge in [0.1, 0.15) is 0 Å². The molecule has 0 aliphatic rings. The number of carbonyl (C=O) groups is 1. The Kier molecular flexibility index (Phi) is 4.85. The summed E-state index contributed by atoms with van der Waals surface area (Å²) in [5, 5.41) is 7.64. The van der Waals surface area contributed by atoms with Crippen LogP contribution in [0, 0.1) is 5.41 Å². The number of nitrogens with one attached hydrogen (secondary N) is 1. The van der Waals surface area contributed by atoms with Crippen LogP contribution in [-0.2, 0) is 14.8 Å². The topological polar surface area (TPSA) is 115 Å². The summed E-state index contributed by atoms with van der Waals surface area (Å²) in [5.41, 5.74) is 5.08. The molecule has 0 spiro atoms. The Morgan fingerprint density at radius 3 is 2.20 bits per heavy atom. The molecule has 0 radical (unpaired) electrons. The maximum absolute atomic E-state index is 12.2. The van der Waals surface area contributed by atoms with E-state index in [9.17, 15) is 13.2 Å². The van der Waals surface area contributed by atoms with Crippen molar-refractivity contribution in [2.75, 3.05) is 5.32 Å². The normalized spacial score (nSPS) is 14.3. The minimum Gasteiger partial charge on any atom is -0.392 e. The van der Waals surface area contributed by atoms with Crippen LogP contribution in [0.2, 0.25) is 0 Å². The van der Waals surface area contributed by atoms with Gasteiger partial charge in [-0.15, -0.1) is 0 Å². The fraction of sp³-hybridized carbons (Fsp3) is 0.333. The predicted molar refractivity (Wildman–Crippen MR) is 81.6 cm³/mol. The number of thiocarbonyl (C=S) groups is 1. The van der Waals surface area contributed by atoms with Crippen molar-refractivity contribution in [3.8, 4) is 0 Å². The van der Waals surface area contributed by atoms with E-state index in [0.717, 1.165) is 0 Å². The molecule has 1 amide bonds. The van der Waals surface area contributed by atoms with Crippen molar-refractivity contribution in [3.63, 3.8) is 0 Å². The fourth-order valence-electron chi connectivity index (χ4n) is 1.44. The van der Waals surface area contributed by atoms with Crippen LogP contribution in [0.25, 0.3) is 0 Å². The monoisotopic (exact) mass is 315 g/mol. The number of amides is 1. The molecule has 0 saturated heterocycles. The minimum absolute atomic E-state index is 0.0249. The summed E-state index contributed by atoms with van der Waals surface area (Å²) in [6.45, 7) is 3.46. The quantitative estimate of drug-likeness (QED) is 0.700. The van der Waals surface area contributed by atoms with Crippen LogP contribution in [-0.4, -0.2) is 19.3 Å². The average Bonchev–Trinajstić information content (AvgIpc) is 2.36. The molecule has 20 heavy (non-hydrogen) atoms. The number of hydrogen-bond acceptors (Lipinski definition) is 4. The second-order valence-corrected chi connectivity index (χ2v) is 6.57. The van der Waals surface area contributed by atoms with Crippen LogP contribution in [0.3, 0.4) is 0 Å². The van der Waals surface area contributed by atoms with Gasteiger partial charge in [-0.1, -0.05) is 19.1 Å². The zero-order valence-electron chi connectivity index (χ0n) is 11.2. The minimum atomic E-state index is -3.75. The Morgan fingerprint density at radius 1 is 1.35 bits per heavy atom. The molecule has 1 rings (SSSR count). The smallest absolute Gasteiger partial charge is 0.238 e. The lowest BCUT2D eigenvalue weighted by molar-refractivity contribution is -0.121. The first-order valence-electron chi connectivity index (χ1n) is 5.85. The number of sulfonamides is 1. The number of anilines is 1. The van der Waals surface area contributed by atoms with Crippen molar-refractivity contribution in [1.82, 2.24) is 0 Å². The lowest BCUT2D eigenvalue weighted by atomic mass is 9.86. The molecule has 0 fully saturated rings. The largest absolute Gasteiger partial charge is 0.392 e. The molecule has 8 heteroatoms. The van der Waals surface area contributed by atoms with Crippen molar-refractivity contribution in [2.24, 2.45) is 16.3 Å². The molecule has 0 aliphatic carbocycles. The molecule has 0 aliphatic heterocycles. The lowest BCUT2D eigenvalue weighted by Crippen LogP contribution is -2.43. The molecular weight excluding hydrogens is 298 g/mol. The second kappa shape index (κ2) is 5.86. The molecule has 110 valence electrons. The van der Waals surface area contributed by atoms with Gasteiger partial charge in [-0.25, -0.2) is 13.6 Å². The third-order valence-corrected chi connectivity index (χ3v) is 4.57. The number of carbonyl (C=O) groups excluding carboxylic acids is 1. The maximum Gasteiger partial charge on any atom is 0.238 e. The zero-order chi connectivity index (χ0) is 15.6. The first kappa shape index (κ1) is 16.5. The Balaban J connectivity index is 2.95. The van der Waals surface area contributed by atoms with Crippen LogP contribution in [0.15, 0.2) is 29.2 Å². The summed E-state index contributed by atoms with van der Waals surface area (Å²) in [7, 11) is -3.75. The molecule has 0 saturated carbocycles. The molecule has 5 N–H and O–H groups in total. The Hall–Kier alpha value is -1.51. The highest BCUT2D eigenvalue weighted by Crippen LogP contribution is 2.24. The second-order valence-electron chi connectivity index (χ2n) is 4.57. The maximum atomic E-state index is 12.2. The van der Waals surface area contributed by atoms with Crippen molar-refractivity contribution in [1.29, 1.82) is 0 Å². The third-order valence-electron chi connectivity index (χ3n) is 3.19. The Labute approximate surface area is 123 Å². The molecule has 0 heterocycles. The van der Waals surface area contributed by atoms with Crippen molar-refractivity contribution in [2.45, 2.75) is 25.2 Å². The summed E-state index contributed by atoms with van der Waals surface area (Å²) in [4.78, 5) is 12.3. The van der Waals surface area contributed by atoms with Crippen LogP contribution in [0.4, 0.5) is 5.69 Å². The van der Waals surface area contributed by atoms with Crippen LogP contribution in [0.1, 0.15) is 20.3 Å². The van der Waals surface area contributed by atoms with E-state index in [1.807, 2.05) is 6.92 Å². The van der Waals surface area contributed by atoms with Gasteiger partial charge < -0.3 is 11.1 Å². The molecule has 1 aromatic rings. The van der Waals surface area contributed by atoms with E-state index in [0.29, 0.717) is 12.1 Å². The number of hydrogen-bond donors (Lipinski definition) is 3. The van der Waals surface area contributed by atoms with E-state index in [2.05, 4.69) is 5.32 Å². The zero-order valence-corrected chi connectivity index (χ0v) is 12.8. The fourth-order valence-corrected chi connectivity index (χ4v) is 2.20.